The summed E-state index contributed by atoms with van der Waals surface area (Å²) in [6, 6.07) is 9.10. The zero-order valence-electron chi connectivity index (χ0n) is 20.1. The second-order valence-corrected chi connectivity index (χ2v) is 8.48. The number of amides is 1. The van der Waals surface area contributed by atoms with E-state index in [0.29, 0.717) is 48.2 Å². The van der Waals surface area contributed by atoms with Gasteiger partial charge in [0, 0.05) is 17.7 Å². The lowest BCUT2D eigenvalue weighted by Crippen LogP contribution is -2.30. The molecule has 1 aliphatic heterocycles. The molecule has 1 amide bonds. The molecule has 2 heterocycles. The third-order valence-electron chi connectivity index (χ3n) is 5.96. The first-order chi connectivity index (χ1) is 16.4. The molecule has 0 aliphatic carbocycles. The van der Waals surface area contributed by atoms with Gasteiger partial charge in [0.15, 0.2) is 11.5 Å². The molecule has 0 bridgehead atoms. The normalized spacial score (nSPS) is 14.9. The third kappa shape index (κ3) is 4.02. The van der Waals surface area contributed by atoms with Gasteiger partial charge in [0.2, 0.25) is 0 Å². The Morgan fingerprint density at radius 1 is 1.18 bits per heavy atom. The molecular weight excluding hydrogens is 430 g/mol. The van der Waals surface area contributed by atoms with Crippen LogP contribution in [-0.2, 0) is 0 Å². The predicted octanol–water partition coefficient (Wildman–Crippen LogP) is 5.32. The maximum Gasteiger partial charge on any atom is 0.273 e. The van der Waals surface area contributed by atoms with Crippen LogP contribution in [0.3, 0.4) is 0 Å². The van der Waals surface area contributed by atoms with Gasteiger partial charge in [-0.2, -0.15) is 5.10 Å². The zero-order chi connectivity index (χ0) is 24.4. The Kier molecular flexibility index (Phi) is 6.63. The summed E-state index contributed by atoms with van der Waals surface area (Å²) in [7, 11) is 0. The van der Waals surface area contributed by atoms with Crippen molar-refractivity contribution in [3.8, 4) is 28.5 Å². The molecule has 1 atom stereocenters. The lowest BCUT2D eigenvalue weighted by atomic mass is 9.93. The largest absolute Gasteiger partial charge is 0.507 e. The van der Waals surface area contributed by atoms with Crippen molar-refractivity contribution >= 4 is 5.91 Å². The number of hydrogen-bond donors (Lipinski definition) is 2. The van der Waals surface area contributed by atoms with Crippen molar-refractivity contribution in [2.45, 2.75) is 40.2 Å². The first kappa shape index (κ1) is 23.4. The van der Waals surface area contributed by atoms with Gasteiger partial charge >= 0.3 is 0 Å². The Bertz CT molecular complexity index is 1210. The zero-order valence-corrected chi connectivity index (χ0v) is 20.1. The van der Waals surface area contributed by atoms with Gasteiger partial charge in [-0.3, -0.25) is 9.89 Å². The SMILES string of the molecule is C=CCOc1ccc(C2c3c(-c4c(C)cc(C)cc4O)n[nH]c3C(=O)N2CCC)cc1OCC. The molecule has 0 fully saturated rings. The maximum absolute atomic E-state index is 13.4. The highest BCUT2D eigenvalue weighted by Crippen LogP contribution is 2.46. The first-order valence-electron chi connectivity index (χ1n) is 11.6. The lowest BCUT2D eigenvalue weighted by Gasteiger charge is -2.27. The van der Waals surface area contributed by atoms with Gasteiger partial charge in [-0.05, 0) is 62.1 Å². The molecule has 3 aromatic rings. The molecule has 4 rings (SSSR count). The number of aromatic hydroxyl groups is 1. The fraction of sp³-hybridized carbons (Fsp3) is 0.333. The van der Waals surface area contributed by atoms with E-state index in [-0.39, 0.29) is 17.7 Å². The van der Waals surface area contributed by atoms with E-state index in [9.17, 15) is 9.90 Å². The van der Waals surface area contributed by atoms with E-state index in [0.717, 1.165) is 28.7 Å². The summed E-state index contributed by atoms with van der Waals surface area (Å²) in [6.07, 6.45) is 2.49. The predicted molar refractivity (Wildman–Crippen MR) is 132 cm³/mol. The van der Waals surface area contributed by atoms with Crippen molar-refractivity contribution in [3.05, 3.63) is 70.9 Å². The lowest BCUT2D eigenvalue weighted by molar-refractivity contribution is 0.0743. The molecule has 0 saturated heterocycles. The van der Waals surface area contributed by atoms with Crippen molar-refractivity contribution in [2.75, 3.05) is 19.8 Å². The molecule has 0 spiro atoms. The monoisotopic (exact) mass is 461 g/mol. The molecule has 0 radical (unpaired) electrons. The molecule has 7 nitrogen and oxygen atoms in total. The highest BCUT2D eigenvalue weighted by atomic mass is 16.5. The van der Waals surface area contributed by atoms with Crippen LogP contribution in [0.4, 0.5) is 0 Å². The minimum Gasteiger partial charge on any atom is -0.507 e. The molecular formula is C27H31N3O4. The number of carbonyl (C=O) groups is 1. The summed E-state index contributed by atoms with van der Waals surface area (Å²) in [4.78, 5) is 15.2. The summed E-state index contributed by atoms with van der Waals surface area (Å²) >= 11 is 0. The van der Waals surface area contributed by atoms with Crippen molar-refractivity contribution in [3.63, 3.8) is 0 Å². The van der Waals surface area contributed by atoms with E-state index in [1.54, 1.807) is 12.1 Å². The van der Waals surface area contributed by atoms with E-state index >= 15 is 0 Å². The van der Waals surface area contributed by atoms with Crippen molar-refractivity contribution < 1.29 is 19.4 Å². The number of aromatic amines is 1. The highest BCUT2D eigenvalue weighted by molar-refractivity contribution is 6.00. The number of carbonyl (C=O) groups excluding carboxylic acids is 1. The molecule has 2 aromatic carbocycles. The molecule has 1 unspecified atom stereocenters. The van der Waals surface area contributed by atoms with Gasteiger partial charge in [0.1, 0.15) is 23.7 Å². The van der Waals surface area contributed by atoms with Crippen LogP contribution in [0.5, 0.6) is 17.2 Å². The average molecular weight is 462 g/mol. The minimum absolute atomic E-state index is 0.102. The molecule has 1 aromatic heterocycles. The van der Waals surface area contributed by atoms with Crippen molar-refractivity contribution in [2.24, 2.45) is 0 Å². The Morgan fingerprint density at radius 2 is 1.97 bits per heavy atom. The number of nitrogens with one attached hydrogen (secondary N) is 1. The van der Waals surface area contributed by atoms with Crippen LogP contribution in [0.1, 0.15) is 59.1 Å². The summed E-state index contributed by atoms with van der Waals surface area (Å²) < 4.78 is 11.6. The van der Waals surface area contributed by atoms with Gasteiger partial charge in [-0.25, -0.2) is 0 Å². The number of ether oxygens (including phenoxy) is 2. The summed E-state index contributed by atoms with van der Waals surface area (Å²) in [6.45, 7) is 13.0. The van der Waals surface area contributed by atoms with Crippen LogP contribution in [0.15, 0.2) is 43.0 Å². The fourth-order valence-corrected chi connectivity index (χ4v) is 4.69. The summed E-state index contributed by atoms with van der Waals surface area (Å²) in [5.74, 6) is 1.28. The Labute approximate surface area is 200 Å². The molecule has 178 valence electrons. The van der Waals surface area contributed by atoms with E-state index in [2.05, 4.69) is 16.8 Å². The van der Waals surface area contributed by atoms with E-state index in [1.807, 2.05) is 56.9 Å². The smallest absolute Gasteiger partial charge is 0.273 e. The van der Waals surface area contributed by atoms with Crippen molar-refractivity contribution in [1.82, 2.24) is 15.1 Å². The van der Waals surface area contributed by atoms with Gasteiger partial charge in [0.25, 0.3) is 5.91 Å². The Hall–Kier alpha value is -3.74. The average Bonchev–Trinajstić information content (AvgIpc) is 3.32. The summed E-state index contributed by atoms with van der Waals surface area (Å²) in [5.41, 5.74) is 5.20. The Balaban J connectivity index is 1.89. The van der Waals surface area contributed by atoms with Crippen LogP contribution in [0.2, 0.25) is 0 Å². The molecule has 0 saturated carbocycles. The fourth-order valence-electron chi connectivity index (χ4n) is 4.69. The second kappa shape index (κ2) is 9.63. The van der Waals surface area contributed by atoms with Crippen LogP contribution >= 0.6 is 0 Å². The number of benzene rings is 2. The quantitative estimate of drug-likeness (QED) is 0.421. The topological polar surface area (TPSA) is 87.7 Å². The highest BCUT2D eigenvalue weighted by Gasteiger charge is 2.42. The molecule has 34 heavy (non-hydrogen) atoms. The number of phenolic OH excluding ortho intramolecular Hbond substituents is 1. The number of rotatable bonds is 9. The minimum atomic E-state index is -0.371. The number of aryl methyl sites for hydroxylation is 2. The number of fused-ring (bicyclic) bond motifs is 1. The van der Waals surface area contributed by atoms with Crippen LogP contribution < -0.4 is 9.47 Å². The number of aromatic nitrogens is 2. The maximum atomic E-state index is 13.4. The second-order valence-electron chi connectivity index (χ2n) is 8.48. The number of phenols is 1. The van der Waals surface area contributed by atoms with Gasteiger partial charge in [-0.1, -0.05) is 31.7 Å². The van der Waals surface area contributed by atoms with Crippen LogP contribution in [-0.4, -0.2) is 45.9 Å². The van der Waals surface area contributed by atoms with Gasteiger partial charge in [-0.15, -0.1) is 0 Å². The van der Waals surface area contributed by atoms with Gasteiger partial charge in [0.05, 0.1) is 12.6 Å². The summed E-state index contributed by atoms with van der Waals surface area (Å²) in [5, 5.41) is 18.3. The number of nitrogens with zero attached hydrogens (tertiary/aromatic N) is 2. The molecule has 2 N–H and O–H groups in total. The molecule has 7 heteroatoms. The number of hydrogen-bond acceptors (Lipinski definition) is 5. The van der Waals surface area contributed by atoms with Crippen molar-refractivity contribution in [1.29, 1.82) is 0 Å². The van der Waals surface area contributed by atoms with Gasteiger partial charge < -0.3 is 19.5 Å². The standard InChI is InChI=1S/C27H31N3O4/c1-6-11-30-26(18-9-10-20(34-12-7-2)21(15-18)33-8-3)23-24(28-29-25(23)27(30)32)22-17(5)13-16(4)14-19(22)31/h7,9-10,13-15,26,31H,2,6,8,11-12H2,1,3-5H3,(H,28,29). The van der Waals surface area contributed by atoms with E-state index in [1.165, 1.54) is 0 Å². The molecule has 1 aliphatic rings. The van der Waals surface area contributed by atoms with E-state index in [4.69, 9.17) is 9.47 Å². The van der Waals surface area contributed by atoms with E-state index < -0.39 is 0 Å². The third-order valence-corrected chi connectivity index (χ3v) is 5.96. The van der Waals surface area contributed by atoms with Crippen LogP contribution in [0, 0.1) is 13.8 Å². The van der Waals surface area contributed by atoms with Crippen LogP contribution in [0.25, 0.3) is 11.3 Å². The Morgan fingerprint density at radius 3 is 2.65 bits per heavy atom. The number of H-pyrrole nitrogens is 1. The first-order valence-corrected chi connectivity index (χ1v) is 11.6.